The van der Waals surface area contributed by atoms with Crippen molar-refractivity contribution in [2.45, 2.75) is 119 Å². The third-order valence-corrected chi connectivity index (χ3v) is 8.20. The van der Waals surface area contributed by atoms with Gasteiger partial charge in [0.2, 0.25) is 0 Å². The third-order valence-electron chi connectivity index (χ3n) is 8.20. The number of hydrogen-bond acceptors (Lipinski definition) is 1. The quantitative estimate of drug-likeness (QED) is 0.423. The van der Waals surface area contributed by atoms with Crippen molar-refractivity contribution in [3.05, 3.63) is 12.3 Å². The van der Waals surface area contributed by atoms with E-state index in [2.05, 4.69) is 68.9 Å². The Bertz CT molecular complexity index is 507. The Kier molecular flexibility index (Phi) is 6.55. The van der Waals surface area contributed by atoms with E-state index < -0.39 is 0 Å². The summed E-state index contributed by atoms with van der Waals surface area (Å²) in [5, 5.41) is 0. The summed E-state index contributed by atoms with van der Waals surface area (Å²) in [7, 11) is 0. The number of allylic oxidation sites excluding steroid dienone is 1. The lowest BCUT2D eigenvalue weighted by Gasteiger charge is -2.51. The first kappa shape index (κ1) is 22.8. The fourth-order valence-electron chi connectivity index (χ4n) is 5.91. The van der Waals surface area contributed by atoms with E-state index in [1.165, 1.54) is 38.5 Å². The van der Waals surface area contributed by atoms with E-state index >= 15 is 0 Å². The van der Waals surface area contributed by atoms with Crippen LogP contribution in [0.25, 0.3) is 0 Å². The molecule has 2 saturated carbocycles. The molecule has 27 heavy (non-hydrogen) atoms. The molecule has 0 saturated heterocycles. The average Bonchev–Trinajstić information content (AvgIpc) is 2.51. The number of rotatable bonds is 6. The lowest BCUT2D eigenvalue weighted by Crippen LogP contribution is -2.46. The summed E-state index contributed by atoms with van der Waals surface area (Å²) in [4.78, 5) is 0. The molecule has 2 bridgehead atoms. The molecule has 0 aliphatic heterocycles. The van der Waals surface area contributed by atoms with Crippen molar-refractivity contribution >= 4 is 0 Å². The molecule has 2 aliphatic rings. The molecule has 1 heteroatoms. The van der Waals surface area contributed by atoms with Crippen LogP contribution >= 0.6 is 0 Å². The number of ether oxygens (including phenoxy) is 1. The van der Waals surface area contributed by atoms with Gasteiger partial charge in [-0.1, -0.05) is 81.2 Å². The van der Waals surface area contributed by atoms with E-state index in [9.17, 15) is 0 Å². The Balaban J connectivity index is 2.22. The zero-order valence-electron chi connectivity index (χ0n) is 20.0. The van der Waals surface area contributed by atoms with E-state index in [4.69, 9.17) is 4.74 Å². The van der Waals surface area contributed by atoms with Gasteiger partial charge >= 0.3 is 0 Å². The van der Waals surface area contributed by atoms with Crippen molar-refractivity contribution in [3.8, 4) is 0 Å². The largest absolute Gasteiger partial charge is 0.492 e. The second-order valence-electron chi connectivity index (χ2n) is 12.6. The van der Waals surface area contributed by atoms with Gasteiger partial charge in [-0.05, 0) is 67.6 Å². The first-order valence-corrected chi connectivity index (χ1v) is 11.6. The lowest BCUT2D eigenvalue weighted by atomic mass is 9.60. The zero-order chi connectivity index (χ0) is 20.7. The summed E-state index contributed by atoms with van der Waals surface area (Å²) in [6.45, 7) is 25.7. The van der Waals surface area contributed by atoms with Crippen LogP contribution in [0, 0.1) is 34.0 Å². The van der Waals surface area contributed by atoms with E-state index in [0.29, 0.717) is 5.92 Å². The van der Waals surface area contributed by atoms with Crippen molar-refractivity contribution in [3.63, 3.8) is 0 Å². The second kappa shape index (κ2) is 7.75. The van der Waals surface area contributed by atoms with Gasteiger partial charge in [-0.2, -0.15) is 0 Å². The molecule has 158 valence electrons. The minimum atomic E-state index is -0.0737. The van der Waals surface area contributed by atoms with Crippen LogP contribution in [0.5, 0.6) is 0 Å². The van der Waals surface area contributed by atoms with Crippen molar-refractivity contribution < 1.29 is 4.74 Å². The summed E-state index contributed by atoms with van der Waals surface area (Å²) < 4.78 is 6.93. The standard InChI is InChI=1S/C26H48O/c1-11-26(10,22-16-20-13-12-14-21(15-20)17-22)27-19(2)25(9,24(6,7)8)18-23(3,4)5/h20-22H,2,11-18H2,1,3-10H3. The number of hydrogen-bond donors (Lipinski definition) is 0. The molecule has 0 heterocycles. The van der Waals surface area contributed by atoms with E-state index in [1.54, 1.807) is 0 Å². The molecule has 2 aliphatic carbocycles. The molecular formula is C26H48O. The summed E-state index contributed by atoms with van der Waals surface area (Å²) in [6.07, 6.45) is 10.7. The van der Waals surface area contributed by atoms with Gasteiger partial charge < -0.3 is 4.74 Å². The molecule has 4 unspecified atom stereocenters. The van der Waals surface area contributed by atoms with Crippen LogP contribution in [-0.4, -0.2) is 5.60 Å². The molecule has 0 N–H and O–H groups in total. The molecule has 0 amide bonds. The van der Waals surface area contributed by atoms with Gasteiger partial charge in [0.05, 0.1) is 5.76 Å². The second-order valence-corrected chi connectivity index (χ2v) is 12.6. The Morgan fingerprint density at radius 1 is 0.889 bits per heavy atom. The van der Waals surface area contributed by atoms with Gasteiger partial charge in [-0.3, -0.25) is 0 Å². The van der Waals surface area contributed by atoms with Crippen molar-refractivity contribution in [1.82, 2.24) is 0 Å². The fourth-order valence-corrected chi connectivity index (χ4v) is 5.91. The normalized spacial score (nSPS) is 30.9. The lowest BCUT2D eigenvalue weighted by molar-refractivity contribution is -0.104. The summed E-state index contributed by atoms with van der Waals surface area (Å²) >= 11 is 0. The SMILES string of the molecule is C=C(OC(C)(CC)C1CC2CCCC(C2)C1)C(C)(CC(C)(C)C)C(C)(C)C. The van der Waals surface area contributed by atoms with Crippen LogP contribution in [0.2, 0.25) is 0 Å². The van der Waals surface area contributed by atoms with Gasteiger partial charge in [0, 0.05) is 5.41 Å². The van der Waals surface area contributed by atoms with E-state index in [-0.39, 0.29) is 21.8 Å². The predicted molar refractivity (Wildman–Crippen MR) is 119 cm³/mol. The maximum atomic E-state index is 6.93. The van der Waals surface area contributed by atoms with Crippen LogP contribution in [0.3, 0.4) is 0 Å². The van der Waals surface area contributed by atoms with E-state index in [0.717, 1.165) is 30.4 Å². The molecule has 0 radical (unpaired) electrons. The van der Waals surface area contributed by atoms with Crippen LogP contribution in [0.4, 0.5) is 0 Å². The summed E-state index contributed by atoms with van der Waals surface area (Å²) in [5.74, 6) is 3.58. The van der Waals surface area contributed by atoms with Crippen LogP contribution in [0.1, 0.15) is 114 Å². The maximum Gasteiger partial charge on any atom is 0.108 e. The minimum Gasteiger partial charge on any atom is -0.492 e. The molecule has 0 aromatic heterocycles. The topological polar surface area (TPSA) is 9.23 Å². The molecule has 2 rings (SSSR count). The van der Waals surface area contributed by atoms with Crippen LogP contribution in [-0.2, 0) is 4.74 Å². The molecule has 1 nitrogen and oxygen atoms in total. The van der Waals surface area contributed by atoms with Gasteiger partial charge in [-0.15, -0.1) is 0 Å². The summed E-state index contributed by atoms with van der Waals surface area (Å²) in [5.41, 5.74) is 0.260. The molecular weight excluding hydrogens is 328 g/mol. The molecule has 0 spiro atoms. The first-order chi connectivity index (χ1) is 12.2. The Morgan fingerprint density at radius 3 is 1.81 bits per heavy atom. The first-order valence-electron chi connectivity index (χ1n) is 11.6. The van der Waals surface area contributed by atoms with Gasteiger partial charge in [0.25, 0.3) is 0 Å². The molecule has 0 aromatic rings. The van der Waals surface area contributed by atoms with Crippen molar-refractivity contribution in [2.24, 2.45) is 34.0 Å². The highest BCUT2D eigenvalue weighted by atomic mass is 16.5. The monoisotopic (exact) mass is 376 g/mol. The molecule has 0 aromatic carbocycles. The highest BCUT2D eigenvalue weighted by Gasteiger charge is 2.48. The Labute approximate surface area is 170 Å². The highest BCUT2D eigenvalue weighted by molar-refractivity contribution is 5.11. The van der Waals surface area contributed by atoms with Crippen molar-refractivity contribution in [1.29, 1.82) is 0 Å². The predicted octanol–water partition coefficient (Wildman–Crippen LogP) is 8.39. The van der Waals surface area contributed by atoms with Crippen LogP contribution < -0.4 is 0 Å². The highest BCUT2D eigenvalue weighted by Crippen LogP contribution is 2.54. The summed E-state index contributed by atoms with van der Waals surface area (Å²) in [6, 6.07) is 0. The number of fused-ring (bicyclic) bond motifs is 2. The van der Waals surface area contributed by atoms with E-state index in [1.807, 2.05) is 0 Å². The smallest absolute Gasteiger partial charge is 0.108 e. The molecule has 4 atom stereocenters. The fraction of sp³-hybridized carbons (Fsp3) is 0.923. The average molecular weight is 377 g/mol. The van der Waals surface area contributed by atoms with Gasteiger partial charge in [0.15, 0.2) is 0 Å². The van der Waals surface area contributed by atoms with Crippen molar-refractivity contribution in [2.75, 3.05) is 0 Å². The maximum absolute atomic E-state index is 6.93. The Hall–Kier alpha value is -0.460. The Morgan fingerprint density at radius 2 is 1.41 bits per heavy atom. The van der Waals surface area contributed by atoms with Crippen LogP contribution in [0.15, 0.2) is 12.3 Å². The minimum absolute atomic E-state index is 0.0355. The third kappa shape index (κ3) is 5.13. The molecule has 2 fully saturated rings. The van der Waals surface area contributed by atoms with Gasteiger partial charge in [-0.25, -0.2) is 0 Å². The zero-order valence-corrected chi connectivity index (χ0v) is 20.0. The van der Waals surface area contributed by atoms with Gasteiger partial charge in [0.1, 0.15) is 5.60 Å².